The van der Waals surface area contributed by atoms with Crippen molar-refractivity contribution in [3.63, 3.8) is 0 Å². The van der Waals surface area contributed by atoms with Crippen molar-refractivity contribution in [3.8, 4) is 11.5 Å². The Hall–Kier alpha value is -1.03. The minimum Gasteiger partial charge on any atom is -0.456 e. The van der Waals surface area contributed by atoms with E-state index in [4.69, 9.17) is 16.3 Å². The molecular formula is C17H11Br2ClO. The largest absolute Gasteiger partial charge is 0.456 e. The summed E-state index contributed by atoms with van der Waals surface area (Å²) in [6.45, 7) is 0. The van der Waals surface area contributed by atoms with Gasteiger partial charge in [0.25, 0.3) is 0 Å². The molecule has 0 aliphatic rings. The predicted octanol–water partition coefficient (Wildman–Crippen LogP) is 6.94. The Labute approximate surface area is 145 Å². The zero-order valence-electron chi connectivity index (χ0n) is 10.9. The number of ether oxygens (including phenoxy) is 1. The van der Waals surface area contributed by atoms with Crippen molar-refractivity contribution in [1.29, 1.82) is 0 Å². The van der Waals surface area contributed by atoms with E-state index in [0.29, 0.717) is 10.8 Å². The Bertz CT molecular complexity index is 802. The molecule has 3 aromatic carbocycles. The number of hydrogen-bond acceptors (Lipinski definition) is 1. The molecule has 0 saturated heterocycles. The number of halogens is 3. The van der Waals surface area contributed by atoms with E-state index in [1.807, 2.05) is 42.5 Å². The minimum absolute atomic E-state index is 0.614. The molecule has 1 nitrogen and oxygen atoms in total. The maximum absolute atomic E-state index is 6.25. The first-order chi connectivity index (χ1) is 10.2. The van der Waals surface area contributed by atoms with Crippen molar-refractivity contribution in [2.45, 2.75) is 5.33 Å². The van der Waals surface area contributed by atoms with Crippen molar-refractivity contribution >= 4 is 54.2 Å². The first-order valence-electron chi connectivity index (χ1n) is 6.37. The molecule has 106 valence electrons. The summed E-state index contributed by atoms with van der Waals surface area (Å²) in [5, 5.41) is 3.68. The third kappa shape index (κ3) is 3.42. The van der Waals surface area contributed by atoms with Gasteiger partial charge in [-0.05, 0) is 52.7 Å². The minimum atomic E-state index is 0.614. The van der Waals surface area contributed by atoms with Gasteiger partial charge in [-0.2, -0.15) is 0 Å². The van der Waals surface area contributed by atoms with Gasteiger partial charge in [-0.3, -0.25) is 0 Å². The van der Waals surface area contributed by atoms with E-state index in [1.54, 1.807) is 0 Å². The molecule has 3 aromatic rings. The first kappa shape index (κ1) is 14.9. The molecule has 0 unspecified atom stereocenters. The van der Waals surface area contributed by atoms with Crippen molar-refractivity contribution in [3.05, 3.63) is 69.7 Å². The maximum Gasteiger partial charge on any atom is 0.146 e. The summed E-state index contributed by atoms with van der Waals surface area (Å²) in [6, 6.07) is 17.9. The molecule has 3 rings (SSSR count). The summed E-state index contributed by atoms with van der Waals surface area (Å²) in [5.41, 5.74) is 1.12. The van der Waals surface area contributed by atoms with Gasteiger partial charge in [-0.25, -0.2) is 0 Å². The lowest BCUT2D eigenvalue weighted by atomic mass is 10.1. The number of benzene rings is 3. The van der Waals surface area contributed by atoms with E-state index in [-0.39, 0.29) is 0 Å². The van der Waals surface area contributed by atoms with Crippen LogP contribution in [-0.4, -0.2) is 0 Å². The fourth-order valence-electron chi connectivity index (χ4n) is 2.10. The number of alkyl halides is 1. The predicted molar refractivity (Wildman–Crippen MR) is 95.8 cm³/mol. The average molecular weight is 427 g/mol. The second kappa shape index (κ2) is 6.39. The topological polar surface area (TPSA) is 9.23 Å². The SMILES string of the molecule is Clc1cc(CBr)ccc1Oc1ccc2cc(Br)ccc2c1. The average Bonchev–Trinajstić information content (AvgIpc) is 2.49. The van der Waals surface area contributed by atoms with Crippen molar-refractivity contribution < 1.29 is 4.74 Å². The maximum atomic E-state index is 6.25. The molecule has 0 N–H and O–H groups in total. The van der Waals surface area contributed by atoms with Gasteiger partial charge >= 0.3 is 0 Å². The van der Waals surface area contributed by atoms with Crippen LogP contribution in [0.2, 0.25) is 5.02 Å². The van der Waals surface area contributed by atoms with Gasteiger partial charge in [-0.1, -0.05) is 61.7 Å². The molecule has 0 aromatic heterocycles. The second-order valence-corrected chi connectivity index (χ2v) is 6.54. The first-order valence-corrected chi connectivity index (χ1v) is 8.66. The van der Waals surface area contributed by atoms with Gasteiger partial charge in [0.15, 0.2) is 0 Å². The molecule has 4 heteroatoms. The molecule has 0 aliphatic carbocycles. The molecule has 0 heterocycles. The van der Waals surface area contributed by atoms with Gasteiger partial charge in [-0.15, -0.1) is 0 Å². The lowest BCUT2D eigenvalue weighted by molar-refractivity contribution is 0.483. The molecule has 0 radical (unpaired) electrons. The van der Waals surface area contributed by atoms with Crippen LogP contribution in [0.1, 0.15) is 5.56 Å². The number of hydrogen-bond donors (Lipinski definition) is 0. The second-order valence-electron chi connectivity index (χ2n) is 4.65. The van der Waals surface area contributed by atoms with E-state index in [1.165, 1.54) is 0 Å². The number of fused-ring (bicyclic) bond motifs is 1. The molecule has 0 spiro atoms. The zero-order chi connectivity index (χ0) is 14.8. The van der Waals surface area contributed by atoms with Gasteiger partial charge in [0.2, 0.25) is 0 Å². The van der Waals surface area contributed by atoms with E-state index in [0.717, 1.165) is 31.9 Å². The lowest BCUT2D eigenvalue weighted by Gasteiger charge is -2.09. The molecule has 0 atom stereocenters. The molecule has 0 aliphatic heterocycles. The van der Waals surface area contributed by atoms with Crippen molar-refractivity contribution in [1.82, 2.24) is 0 Å². The molecule has 0 amide bonds. The van der Waals surface area contributed by atoms with Crippen molar-refractivity contribution in [2.24, 2.45) is 0 Å². The lowest BCUT2D eigenvalue weighted by Crippen LogP contribution is -1.87. The highest BCUT2D eigenvalue weighted by atomic mass is 79.9. The monoisotopic (exact) mass is 424 g/mol. The molecule has 0 bridgehead atoms. The Kier molecular flexibility index (Phi) is 4.53. The zero-order valence-corrected chi connectivity index (χ0v) is 14.9. The Morgan fingerprint density at radius 2 is 1.67 bits per heavy atom. The fourth-order valence-corrected chi connectivity index (χ4v) is 3.06. The van der Waals surface area contributed by atoms with Gasteiger partial charge in [0.05, 0.1) is 5.02 Å². The fraction of sp³-hybridized carbons (Fsp3) is 0.0588. The molecule has 21 heavy (non-hydrogen) atoms. The highest BCUT2D eigenvalue weighted by Crippen LogP contribution is 2.32. The smallest absolute Gasteiger partial charge is 0.146 e. The van der Waals surface area contributed by atoms with Crippen LogP contribution in [0.25, 0.3) is 10.8 Å². The quantitative estimate of drug-likeness (QED) is 0.412. The van der Waals surface area contributed by atoms with Crippen LogP contribution in [0.5, 0.6) is 11.5 Å². The summed E-state index contributed by atoms with van der Waals surface area (Å²) in [7, 11) is 0. The highest BCUT2D eigenvalue weighted by molar-refractivity contribution is 9.10. The van der Waals surface area contributed by atoms with Gasteiger partial charge in [0, 0.05) is 9.80 Å². The normalized spacial score (nSPS) is 10.8. The summed E-state index contributed by atoms with van der Waals surface area (Å²) in [6.07, 6.45) is 0. The van der Waals surface area contributed by atoms with Crippen LogP contribution in [0.4, 0.5) is 0 Å². The van der Waals surface area contributed by atoms with Crippen LogP contribution >= 0.6 is 43.5 Å². The molecule has 0 saturated carbocycles. The summed E-state index contributed by atoms with van der Waals surface area (Å²) < 4.78 is 6.95. The highest BCUT2D eigenvalue weighted by Gasteiger charge is 2.05. The van der Waals surface area contributed by atoms with Crippen LogP contribution in [0, 0.1) is 0 Å². The standard InChI is InChI=1S/C17H11Br2ClO/c18-10-11-1-6-17(16(20)7-11)21-15-5-3-12-8-14(19)4-2-13(12)9-15/h1-9H,10H2. The Balaban J connectivity index is 1.92. The number of rotatable bonds is 3. The summed E-state index contributed by atoms with van der Waals surface area (Å²) in [5.74, 6) is 1.44. The van der Waals surface area contributed by atoms with Crippen LogP contribution in [-0.2, 0) is 5.33 Å². The molecule has 0 fully saturated rings. The van der Waals surface area contributed by atoms with E-state index in [9.17, 15) is 0 Å². The summed E-state index contributed by atoms with van der Waals surface area (Å²) in [4.78, 5) is 0. The Morgan fingerprint density at radius 3 is 2.43 bits per heavy atom. The van der Waals surface area contributed by atoms with Gasteiger partial charge < -0.3 is 4.74 Å². The van der Waals surface area contributed by atoms with Crippen LogP contribution in [0.15, 0.2) is 59.1 Å². The third-order valence-corrected chi connectivity index (χ3v) is 4.59. The van der Waals surface area contributed by atoms with Crippen LogP contribution < -0.4 is 4.74 Å². The van der Waals surface area contributed by atoms with E-state index in [2.05, 4.69) is 44.0 Å². The Morgan fingerprint density at radius 1 is 0.905 bits per heavy atom. The molecular weight excluding hydrogens is 415 g/mol. The van der Waals surface area contributed by atoms with Gasteiger partial charge in [0.1, 0.15) is 11.5 Å². The van der Waals surface area contributed by atoms with E-state index >= 15 is 0 Å². The van der Waals surface area contributed by atoms with Crippen LogP contribution in [0.3, 0.4) is 0 Å². The van der Waals surface area contributed by atoms with E-state index < -0.39 is 0 Å². The summed E-state index contributed by atoms with van der Waals surface area (Å²) >= 11 is 13.1. The van der Waals surface area contributed by atoms with Crippen molar-refractivity contribution in [2.75, 3.05) is 0 Å². The third-order valence-electron chi connectivity index (χ3n) is 3.15.